The summed E-state index contributed by atoms with van der Waals surface area (Å²) in [5.41, 5.74) is 3.19. The Bertz CT molecular complexity index is 1080. The second kappa shape index (κ2) is 7.50. The average molecular weight is 392 g/mol. The van der Waals surface area contributed by atoms with Crippen molar-refractivity contribution in [1.29, 1.82) is 0 Å². The Balaban J connectivity index is 1.42. The molecule has 1 saturated carbocycles. The number of halogens is 1. The van der Waals surface area contributed by atoms with E-state index in [1.165, 1.54) is 0 Å². The van der Waals surface area contributed by atoms with Crippen LogP contribution < -0.4 is 20.3 Å². The smallest absolute Gasteiger partial charge is 0.123 e. The third-order valence-electron chi connectivity index (χ3n) is 6.10. The van der Waals surface area contributed by atoms with Gasteiger partial charge in [0.1, 0.15) is 11.6 Å². The van der Waals surface area contributed by atoms with E-state index in [0.29, 0.717) is 19.0 Å². The first-order valence-corrected chi connectivity index (χ1v) is 10.3. The van der Waals surface area contributed by atoms with Gasteiger partial charge in [-0.3, -0.25) is 0 Å². The van der Waals surface area contributed by atoms with E-state index in [4.69, 9.17) is 4.74 Å². The lowest BCUT2D eigenvalue weighted by molar-refractivity contribution is 0.142. The van der Waals surface area contributed by atoms with E-state index >= 15 is 0 Å². The first-order chi connectivity index (χ1) is 14.2. The molecule has 29 heavy (non-hydrogen) atoms. The maximum Gasteiger partial charge on any atom is 0.123 e. The lowest BCUT2D eigenvalue weighted by Gasteiger charge is -2.29. The summed E-state index contributed by atoms with van der Waals surface area (Å²) in [5.74, 6) is 1.08. The second-order valence-corrected chi connectivity index (χ2v) is 8.04. The van der Waals surface area contributed by atoms with Gasteiger partial charge in [-0.1, -0.05) is 18.2 Å². The molecule has 2 aromatic rings. The van der Waals surface area contributed by atoms with Crippen LogP contribution in [0.2, 0.25) is 0 Å². The maximum absolute atomic E-state index is 14.0. The maximum atomic E-state index is 14.0. The Morgan fingerprint density at radius 3 is 2.72 bits per heavy atom. The van der Waals surface area contributed by atoms with Gasteiger partial charge in [0.15, 0.2) is 0 Å². The summed E-state index contributed by atoms with van der Waals surface area (Å²) in [7, 11) is 1.99. The van der Waals surface area contributed by atoms with Crippen LogP contribution in [0.25, 0.3) is 11.8 Å². The largest absolute Gasteiger partial charge is 0.490 e. The molecule has 3 heterocycles. The molecule has 1 aliphatic carbocycles. The molecule has 1 aromatic heterocycles. The van der Waals surface area contributed by atoms with Gasteiger partial charge in [0.25, 0.3) is 0 Å². The van der Waals surface area contributed by atoms with E-state index in [2.05, 4.69) is 20.1 Å². The molecule has 0 amide bonds. The summed E-state index contributed by atoms with van der Waals surface area (Å²) < 4.78 is 20.2. The molecule has 6 heteroatoms. The quantitative estimate of drug-likeness (QED) is 0.864. The number of rotatable bonds is 3. The third kappa shape index (κ3) is 3.48. The number of nitrogens with zero attached hydrogens (tertiary/aromatic N) is 3. The molecule has 0 saturated heterocycles. The number of fused-ring (bicyclic) bond motifs is 3. The minimum Gasteiger partial charge on any atom is -0.490 e. The number of ether oxygens (including phenoxy) is 1. The monoisotopic (exact) mass is 392 g/mol. The third-order valence-corrected chi connectivity index (χ3v) is 6.10. The number of aromatic nitrogens is 1. The Kier molecular flexibility index (Phi) is 4.70. The van der Waals surface area contributed by atoms with Crippen molar-refractivity contribution < 1.29 is 9.13 Å². The highest BCUT2D eigenvalue weighted by atomic mass is 19.1. The molecule has 3 aliphatic rings. The van der Waals surface area contributed by atoms with E-state index in [0.717, 1.165) is 59.1 Å². The van der Waals surface area contributed by atoms with Gasteiger partial charge in [0.2, 0.25) is 0 Å². The van der Waals surface area contributed by atoms with Crippen LogP contribution in [0.5, 0.6) is 5.75 Å². The summed E-state index contributed by atoms with van der Waals surface area (Å²) in [6, 6.07) is 10.0. The first-order valence-electron chi connectivity index (χ1n) is 10.3. The van der Waals surface area contributed by atoms with Gasteiger partial charge in [-0.25, -0.2) is 4.39 Å². The summed E-state index contributed by atoms with van der Waals surface area (Å²) in [6.07, 6.45) is 7.46. The molecule has 0 atom stereocenters. The van der Waals surface area contributed by atoms with Gasteiger partial charge in [0, 0.05) is 25.1 Å². The minimum atomic E-state index is -0.205. The fourth-order valence-corrected chi connectivity index (χ4v) is 4.64. The average Bonchev–Trinajstić information content (AvgIpc) is 3.04. The molecule has 5 nitrogen and oxygen atoms in total. The van der Waals surface area contributed by atoms with Crippen LogP contribution in [-0.2, 0) is 6.54 Å². The number of azo groups is 1. The molecule has 1 fully saturated rings. The van der Waals surface area contributed by atoms with Crippen molar-refractivity contribution in [3.8, 4) is 5.75 Å². The molecule has 2 aliphatic heterocycles. The molecule has 5 rings (SSSR count). The van der Waals surface area contributed by atoms with Gasteiger partial charge in [-0.2, -0.15) is 10.2 Å². The van der Waals surface area contributed by atoms with Crippen molar-refractivity contribution in [2.75, 3.05) is 18.5 Å². The van der Waals surface area contributed by atoms with Crippen LogP contribution in [0, 0.1) is 5.92 Å². The van der Waals surface area contributed by atoms with E-state index in [1.807, 2.05) is 37.4 Å². The van der Waals surface area contributed by atoms with Gasteiger partial charge in [-0.05, 0) is 50.0 Å². The molecule has 1 aromatic carbocycles. The Morgan fingerprint density at radius 2 is 1.93 bits per heavy atom. The van der Waals surface area contributed by atoms with Crippen LogP contribution in [0.1, 0.15) is 31.2 Å². The van der Waals surface area contributed by atoms with Crippen molar-refractivity contribution in [2.45, 2.75) is 38.3 Å². The summed E-state index contributed by atoms with van der Waals surface area (Å²) in [6.45, 7) is 1.09. The minimum absolute atomic E-state index is 0.205. The highest BCUT2D eigenvalue weighted by Gasteiger charge is 2.29. The normalized spacial score (nSPS) is 23.6. The number of H-pyrrole nitrogens is 1. The highest BCUT2D eigenvalue weighted by Crippen LogP contribution is 2.34. The van der Waals surface area contributed by atoms with Crippen molar-refractivity contribution >= 4 is 17.5 Å². The van der Waals surface area contributed by atoms with Crippen molar-refractivity contribution in [2.24, 2.45) is 16.1 Å². The molecule has 150 valence electrons. The Labute approximate surface area is 169 Å². The van der Waals surface area contributed by atoms with Crippen LogP contribution in [0.4, 0.5) is 10.1 Å². The van der Waals surface area contributed by atoms with Crippen molar-refractivity contribution in [1.82, 2.24) is 4.98 Å². The van der Waals surface area contributed by atoms with Gasteiger partial charge >= 0.3 is 0 Å². The lowest BCUT2D eigenvalue weighted by atomic mass is 9.84. The van der Waals surface area contributed by atoms with E-state index in [-0.39, 0.29) is 11.9 Å². The van der Waals surface area contributed by atoms with Crippen molar-refractivity contribution in [3.05, 3.63) is 58.5 Å². The number of nitrogens with one attached hydrogen (secondary N) is 1. The predicted octanol–water partition coefficient (Wildman–Crippen LogP) is 3.81. The van der Waals surface area contributed by atoms with Crippen molar-refractivity contribution in [3.63, 3.8) is 0 Å². The SMILES string of the molecule is CN1CC=C(F)C=c2[nH]c3c(c21)CN=NC=3[C@H]1CC[C@H](Oc2ccccc2)CC1. The van der Waals surface area contributed by atoms with E-state index < -0.39 is 0 Å². The Hall–Kier alpha value is -2.89. The number of aromatic amines is 1. The number of para-hydroxylation sites is 1. The number of hydrogen-bond acceptors (Lipinski definition) is 4. The van der Waals surface area contributed by atoms with Gasteiger partial charge in [-0.15, -0.1) is 0 Å². The zero-order chi connectivity index (χ0) is 19.8. The second-order valence-electron chi connectivity index (χ2n) is 8.04. The van der Waals surface area contributed by atoms with Crippen LogP contribution in [0.3, 0.4) is 0 Å². The number of benzene rings is 1. The summed E-state index contributed by atoms with van der Waals surface area (Å²) >= 11 is 0. The fourth-order valence-electron chi connectivity index (χ4n) is 4.64. The zero-order valence-corrected chi connectivity index (χ0v) is 16.6. The van der Waals surface area contributed by atoms with Crippen LogP contribution in [-0.4, -0.2) is 24.7 Å². The van der Waals surface area contributed by atoms with Crippen LogP contribution >= 0.6 is 0 Å². The number of likely N-dealkylation sites (N-methyl/N-ethyl adjacent to an activating group) is 1. The van der Waals surface area contributed by atoms with Gasteiger partial charge in [0.05, 0.1) is 34.7 Å². The van der Waals surface area contributed by atoms with E-state index in [1.54, 1.807) is 12.2 Å². The standard InChI is InChI=1S/C23H25FN4O/c1-28-12-11-16(24)13-20-23(28)19-14-25-27-21(22(19)26-20)15-7-9-18(10-8-15)29-17-5-3-2-4-6-17/h2-6,11,13,15,18,26H,7-10,12,14H2,1H3/t15-,18-. The first kappa shape index (κ1) is 18.2. The molecule has 0 spiro atoms. The zero-order valence-electron chi connectivity index (χ0n) is 16.6. The summed E-state index contributed by atoms with van der Waals surface area (Å²) in [5, 5.41) is 10.8. The van der Waals surface area contributed by atoms with E-state index in [9.17, 15) is 4.39 Å². The molecule has 0 bridgehead atoms. The summed E-state index contributed by atoms with van der Waals surface area (Å²) in [4.78, 5) is 5.53. The van der Waals surface area contributed by atoms with Crippen LogP contribution in [0.15, 0.2) is 52.5 Å². The molecule has 0 unspecified atom stereocenters. The topological polar surface area (TPSA) is 53.0 Å². The fraction of sp³-hybridized carbons (Fsp3) is 0.391. The Morgan fingerprint density at radius 1 is 1.14 bits per heavy atom. The molecular weight excluding hydrogens is 367 g/mol. The number of hydrogen-bond donors (Lipinski definition) is 1. The molecule has 1 N–H and O–H groups in total. The lowest BCUT2D eigenvalue weighted by Crippen LogP contribution is -2.28. The molecule has 0 radical (unpaired) electrons. The predicted molar refractivity (Wildman–Crippen MR) is 112 cm³/mol. The molecular formula is C23H25FN4O. The highest BCUT2D eigenvalue weighted by molar-refractivity contribution is 5.65. The number of allylic oxidation sites excluding steroid dienone is 1. The van der Waals surface area contributed by atoms with Gasteiger partial charge < -0.3 is 14.6 Å². The number of anilines is 1.